The number of morpholine rings is 1. The van der Waals surface area contributed by atoms with Crippen molar-refractivity contribution in [3.8, 4) is 5.69 Å². The van der Waals surface area contributed by atoms with Crippen LogP contribution in [-0.4, -0.2) is 51.5 Å². The smallest absolute Gasteiger partial charge is 0.295 e. The standard InChI is InChI=1S/C20H28N4O3/c1-13-11-23(12-14(2)27-13)16(4)19(25)21-18-15(3)22(5)24(20(18)26)17-9-7-6-8-10-17/h6-10,13-14,16H,11-12H2,1-5H3,(H,21,25)/t13-,14+,16-/m1/s1. The molecule has 3 atom stereocenters. The molecule has 2 heterocycles. The lowest BCUT2D eigenvalue weighted by Gasteiger charge is -2.38. The van der Waals surface area contributed by atoms with Crippen LogP contribution in [0.25, 0.3) is 5.69 Å². The van der Waals surface area contributed by atoms with Crippen LogP contribution >= 0.6 is 0 Å². The van der Waals surface area contributed by atoms with Gasteiger partial charge < -0.3 is 10.1 Å². The van der Waals surface area contributed by atoms with Gasteiger partial charge in [0.2, 0.25) is 5.91 Å². The van der Waals surface area contributed by atoms with Gasteiger partial charge in [-0.05, 0) is 39.8 Å². The number of para-hydroxylation sites is 1. The summed E-state index contributed by atoms with van der Waals surface area (Å²) in [5.41, 5.74) is 1.57. The van der Waals surface area contributed by atoms with E-state index in [4.69, 9.17) is 4.74 Å². The highest BCUT2D eigenvalue weighted by molar-refractivity contribution is 5.95. The van der Waals surface area contributed by atoms with Gasteiger partial charge in [0.05, 0.1) is 29.6 Å². The molecular formula is C20H28N4O3. The van der Waals surface area contributed by atoms with E-state index in [2.05, 4.69) is 10.2 Å². The van der Waals surface area contributed by atoms with E-state index in [1.165, 1.54) is 0 Å². The Morgan fingerprint density at radius 2 is 1.78 bits per heavy atom. The first-order chi connectivity index (χ1) is 12.8. The average Bonchev–Trinajstić information content (AvgIpc) is 2.84. The highest BCUT2D eigenvalue weighted by atomic mass is 16.5. The first-order valence-electron chi connectivity index (χ1n) is 9.34. The highest BCUT2D eigenvalue weighted by Gasteiger charge is 2.30. The molecule has 1 saturated heterocycles. The Morgan fingerprint density at radius 1 is 1.19 bits per heavy atom. The maximum absolute atomic E-state index is 12.9. The van der Waals surface area contributed by atoms with E-state index in [-0.39, 0.29) is 29.7 Å². The third-order valence-corrected chi connectivity index (χ3v) is 5.18. The van der Waals surface area contributed by atoms with E-state index < -0.39 is 0 Å². The second kappa shape index (κ2) is 7.70. The fourth-order valence-corrected chi connectivity index (χ4v) is 3.64. The normalized spacial score (nSPS) is 21.8. The lowest BCUT2D eigenvalue weighted by Crippen LogP contribution is -2.52. The number of amides is 1. The molecule has 3 rings (SSSR count). The summed E-state index contributed by atoms with van der Waals surface area (Å²) in [6.45, 7) is 9.11. The number of hydrogen-bond acceptors (Lipinski definition) is 4. The van der Waals surface area contributed by atoms with E-state index >= 15 is 0 Å². The van der Waals surface area contributed by atoms with Crippen LogP contribution < -0.4 is 10.9 Å². The molecule has 0 unspecified atom stereocenters. The summed E-state index contributed by atoms with van der Waals surface area (Å²) in [5.74, 6) is -0.178. The van der Waals surface area contributed by atoms with Gasteiger partial charge in [-0.25, -0.2) is 4.68 Å². The van der Waals surface area contributed by atoms with Gasteiger partial charge >= 0.3 is 0 Å². The number of rotatable bonds is 4. The van der Waals surface area contributed by atoms with Crippen LogP contribution in [0.3, 0.4) is 0 Å². The zero-order valence-electron chi connectivity index (χ0n) is 16.6. The molecule has 7 nitrogen and oxygen atoms in total. The number of anilines is 1. The summed E-state index contributed by atoms with van der Waals surface area (Å²) in [6.07, 6.45) is 0.163. The number of nitrogens with zero attached hydrogens (tertiary/aromatic N) is 3. The molecule has 1 aromatic carbocycles. The molecule has 7 heteroatoms. The van der Waals surface area contributed by atoms with Gasteiger partial charge in [-0.2, -0.15) is 0 Å². The van der Waals surface area contributed by atoms with Gasteiger partial charge in [0.25, 0.3) is 5.56 Å². The molecule has 1 fully saturated rings. The Kier molecular flexibility index (Phi) is 5.53. The molecule has 1 aliphatic heterocycles. The summed E-state index contributed by atoms with van der Waals surface area (Å²) >= 11 is 0. The molecule has 0 saturated carbocycles. The zero-order chi connectivity index (χ0) is 19.7. The molecule has 1 N–H and O–H groups in total. The van der Waals surface area contributed by atoms with Crippen LogP contribution in [0.2, 0.25) is 0 Å². The van der Waals surface area contributed by atoms with Crippen molar-refractivity contribution in [1.29, 1.82) is 0 Å². The summed E-state index contributed by atoms with van der Waals surface area (Å²) in [4.78, 5) is 27.9. The summed E-state index contributed by atoms with van der Waals surface area (Å²) < 4.78 is 9.07. The molecule has 0 bridgehead atoms. The molecule has 1 amide bonds. The minimum Gasteiger partial charge on any atom is -0.373 e. The van der Waals surface area contributed by atoms with Crippen molar-refractivity contribution in [1.82, 2.24) is 14.3 Å². The largest absolute Gasteiger partial charge is 0.373 e. The Hall–Kier alpha value is -2.38. The van der Waals surface area contributed by atoms with Crippen molar-refractivity contribution >= 4 is 11.6 Å². The number of nitrogens with one attached hydrogen (secondary N) is 1. The van der Waals surface area contributed by atoms with Crippen molar-refractivity contribution in [2.75, 3.05) is 18.4 Å². The second-order valence-electron chi connectivity index (χ2n) is 7.31. The third-order valence-electron chi connectivity index (χ3n) is 5.18. The van der Waals surface area contributed by atoms with Crippen LogP contribution in [0.1, 0.15) is 26.5 Å². The van der Waals surface area contributed by atoms with Gasteiger partial charge in [-0.3, -0.25) is 19.2 Å². The van der Waals surface area contributed by atoms with Gasteiger partial charge in [0, 0.05) is 20.1 Å². The van der Waals surface area contributed by atoms with E-state index in [0.717, 1.165) is 5.69 Å². The molecular weight excluding hydrogens is 344 g/mol. The maximum atomic E-state index is 12.9. The van der Waals surface area contributed by atoms with Crippen molar-refractivity contribution < 1.29 is 9.53 Å². The van der Waals surface area contributed by atoms with Gasteiger partial charge in [-0.15, -0.1) is 0 Å². The minimum absolute atomic E-state index is 0.0813. The van der Waals surface area contributed by atoms with Crippen molar-refractivity contribution in [3.05, 3.63) is 46.4 Å². The fourth-order valence-electron chi connectivity index (χ4n) is 3.64. The van der Waals surface area contributed by atoms with E-state index in [1.807, 2.05) is 65.1 Å². The van der Waals surface area contributed by atoms with E-state index in [1.54, 1.807) is 9.36 Å². The maximum Gasteiger partial charge on any atom is 0.295 e. The van der Waals surface area contributed by atoms with Crippen molar-refractivity contribution in [2.45, 2.75) is 45.9 Å². The highest BCUT2D eigenvalue weighted by Crippen LogP contribution is 2.17. The molecule has 146 valence electrons. The van der Waals surface area contributed by atoms with Crippen LogP contribution in [-0.2, 0) is 16.6 Å². The molecule has 0 aliphatic carbocycles. The lowest BCUT2D eigenvalue weighted by atomic mass is 10.1. The van der Waals surface area contributed by atoms with E-state index in [0.29, 0.717) is 24.5 Å². The quantitative estimate of drug-likeness (QED) is 0.890. The Balaban J connectivity index is 1.83. The molecule has 0 radical (unpaired) electrons. The van der Waals surface area contributed by atoms with Gasteiger partial charge in [0.15, 0.2) is 0 Å². The summed E-state index contributed by atoms with van der Waals surface area (Å²) in [6, 6.07) is 9.05. The first kappa shape index (κ1) is 19.4. The Morgan fingerprint density at radius 3 is 2.37 bits per heavy atom. The SMILES string of the molecule is Cc1c(NC(=O)[C@@H](C)N2C[C@@H](C)O[C@@H](C)C2)c(=O)n(-c2ccccc2)n1C. The van der Waals surface area contributed by atoms with Crippen LogP contribution in [0, 0.1) is 6.92 Å². The van der Waals surface area contributed by atoms with E-state index in [9.17, 15) is 9.59 Å². The van der Waals surface area contributed by atoms with Crippen LogP contribution in [0.5, 0.6) is 0 Å². The summed E-state index contributed by atoms with van der Waals surface area (Å²) in [5, 5.41) is 2.86. The Bertz CT molecular complexity index is 861. The number of ether oxygens (including phenoxy) is 1. The van der Waals surface area contributed by atoms with Crippen molar-refractivity contribution in [3.63, 3.8) is 0 Å². The third kappa shape index (κ3) is 3.84. The number of aromatic nitrogens is 2. The zero-order valence-corrected chi connectivity index (χ0v) is 16.6. The summed E-state index contributed by atoms with van der Waals surface area (Å²) in [7, 11) is 1.81. The van der Waals surface area contributed by atoms with Gasteiger partial charge in [-0.1, -0.05) is 18.2 Å². The Labute approximate surface area is 159 Å². The minimum atomic E-state index is -0.344. The number of carbonyl (C=O) groups is 1. The van der Waals surface area contributed by atoms with Crippen LogP contribution in [0.4, 0.5) is 5.69 Å². The topological polar surface area (TPSA) is 68.5 Å². The van der Waals surface area contributed by atoms with Crippen LogP contribution in [0.15, 0.2) is 35.1 Å². The average molecular weight is 372 g/mol. The monoisotopic (exact) mass is 372 g/mol. The molecule has 0 spiro atoms. The number of carbonyl (C=O) groups excluding carboxylic acids is 1. The predicted molar refractivity (Wildman–Crippen MR) is 105 cm³/mol. The molecule has 2 aromatic rings. The fraction of sp³-hybridized carbons (Fsp3) is 0.500. The number of benzene rings is 1. The second-order valence-corrected chi connectivity index (χ2v) is 7.31. The predicted octanol–water partition coefficient (Wildman–Crippen LogP) is 1.92. The molecule has 1 aromatic heterocycles. The lowest BCUT2D eigenvalue weighted by molar-refractivity contribution is -0.126. The van der Waals surface area contributed by atoms with Gasteiger partial charge in [0.1, 0.15) is 5.69 Å². The number of hydrogen-bond donors (Lipinski definition) is 1. The van der Waals surface area contributed by atoms with Crippen molar-refractivity contribution in [2.24, 2.45) is 7.05 Å². The molecule has 1 aliphatic rings. The first-order valence-corrected chi connectivity index (χ1v) is 9.34. The molecule has 27 heavy (non-hydrogen) atoms.